The van der Waals surface area contributed by atoms with E-state index in [9.17, 15) is 0 Å². The molecule has 1 aromatic carbocycles. The molecule has 3 aromatic rings. The molecular formula is C16H20N6O. The Morgan fingerprint density at radius 3 is 3.17 bits per heavy atom. The minimum absolute atomic E-state index is 0.197. The van der Waals surface area contributed by atoms with Crippen LogP contribution in [0.3, 0.4) is 0 Å². The zero-order valence-corrected chi connectivity index (χ0v) is 13.0. The highest BCUT2D eigenvalue weighted by atomic mass is 16.5. The summed E-state index contributed by atoms with van der Waals surface area (Å²) >= 11 is 0. The molecule has 0 spiro atoms. The maximum atomic E-state index is 5.64. The molecule has 0 bridgehead atoms. The molecule has 1 fully saturated rings. The quantitative estimate of drug-likeness (QED) is 0.664. The number of hydrogen-bond acceptors (Lipinski definition) is 5. The lowest BCUT2D eigenvalue weighted by atomic mass is 10.0. The summed E-state index contributed by atoms with van der Waals surface area (Å²) in [5.74, 6) is 1.97. The van der Waals surface area contributed by atoms with Crippen molar-refractivity contribution in [2.24, 2.45) is 0 Å². The number of benzene rings is 1. The SMILES string of the molecule is CCc1nc([C@@H]2COC[C@@H]2NCc2ccc3nc[nH]c3c2)n[nH]1. The molecule has 23 heavy (non-hydrogen) atoms. The van der Waals surface area contributed by atoms with Crippen LogP contribution >= 0.6 is 0 Å². The molecule has 2 aromatic heterocycles. The second-order valence-electron chi connectivity index (χ2n) is 5.88. The van der Waals surface area contributed by atoms with Crippen LogP contribution in [0.15, 0.2) is 24.5 Å². The van der Waals surface area contributed by atoms with Crippen molar-refractivity contribution in [1.82, 2.24) is 30.5 Å². The van der Waals surface area contributed by atoms with Gasteiger partial charge in [0.1, 0.15) is 5.82 Å². The fraction of sp³-hybridized carbons (Fsp3) is 0.438. The van der Waals surface area contributed by atoms with E-state index in [4.69, 9.17) is 4.74 Å². The molecule has 1 aliphatic heterocycles. The topological polar surface area (TPSA) is 91.5 Å². The van der Waals surface area contributed by atoms with Crippen LogP contribution < -0.4 is 5.32 Å². The number of hydrogen-bond donors (Lipinski definition) is 3. The van der Waals surface area contributed by atoms with Gasteiger partial charge in [0.2, 0.25) is 0 Å². The number of aryl methyl sites for hydroxylation is 1. The summed E-state index contributed by atoms with van der Waals surface area (Å²) in [4.78, 5) is 11.9. The van der Waals surface area contributed by atoms with Crippen molar-refractivity contribution < 1.29 is 4.74 Å². The van der Waals surface area contributed by atoms with E-state index in [-0.39, 0.29) is 12.0 Å². The van der Waals surface area contributed by atoms with Crippen LogP contribution in [0.1, 0.15) is 30.1 Å². The number of ether oxygens (including phenoxy) is 1. The summed E-state index contributed by atoms with van der Waals surface area (Å²) in [5.41, 5.74) is 3.27. The molecule has 4 rings (SSSR count). The number of fused-ring (bicyclic) bond motifs is 1. The average molecular weight is 312 g/mol. The predicted octanol–water partition coefficient (Wildman–Crippen LogP) is 1.52. The molecule has 3 heterocycles. The van der Waals surface area contributed by atoms with Gasteiger partial charge < -0.3 is 15.0 Å². The van der Waals surface area contributed by atoms with Crippen LogP contribution in [0, 0.1) is 0 Å². The Balaban J connectivity index is 1.44. The fourth-order valence-corrected chi connectivity index (χ4v) is 2.99. The smallest absolute Gasteiger partial charge is 0.157 e. The van der Waals surface area contributed by atoms with Crippen molar-refractivity contribution in [2.45, 2.75) is 31.8 Å². The van der Waals surface area contributed by atoms with Gasteiger partial charge in [0.15, 0.2) is 5.82 Å². The number of aromatic nitrogens is 5. The molecule has 3 N–H and O–H groups in total. The van der Waals surface area contributed by atoms with Crippen molar-refractivity contribution in [1.29, 1.82) is 0 Å². The number of aromatic amines is 2. The van der Waals surface area contributed by atoms with E-state index in [0.717, 1.165) is 35.6 Å². The van der Waals surface area contributed by atoms with Gasteiger partial charge >= 0.3 is 0 Å². The van der Waals surface area contributed by atoms with Gasteiger partial charge in [-0.15, -0.1) is 0 Å². The summed E-state index contributed by atoms with van der Waals surface area (Å²) in [7, 11) is 0. The van der Waals surface area contributed by atoms with Gasteiger partial charge in [0.05, 0.1) is 36.5 Å². The Bertz CT molecular complexity index is 795. The molecule has 2 atom stereocenters. The summed E-state index contributed by atoms with van der Waals surface area (Å²) in [5, 5.41) is 10.9. The second kappa shape index (κ2) is 6.10. The summed E-state index contributed by atoms with van der Waals surface area (Å²) < 4.78 is 5.64. The van der Waals surface area contributed by atoms with Crippen LogP contribution in [0.2, 0.25) is 0 Å². The number of imidazole rings is 1. The third-order valence-electron chi connectivity index (χ3n) is 4.35. The fourth-order valence-electron chi connectivity index (χ4n) is 2.99. The zero-order chi connectivity index (χ0) is 15.6. The lowest BCUT2D eigenvalue weighted by molar-refractivity contribution is 0.187. The molecule has 1 saturated heterocycles. The van der Waals surface area contributed by atoms with E-state index < -0.39 is 0 Å². The van der Waals surface area contributed by atoms with E-state index in [1.165, 1.54) is 5.56 Å². The van der Waals surface area contributed by atoms with Gasteiger partial charge in [-0.05, 0) is 17.7 Å². The molecule has 7 heteroatoms. The van der Waals surface area contributed by atoms with Gasteiger partial charge in [0.25, 0.3) is 0 Å². The third kappa shape index (κ3) is 2.85. The van der Waals surface area contributed by atoms with E-state index >= 15 is 0 Å². The Labute approximate surface area is 133 Å². The molecular weight excluding hydrogens is 292 g/mol. The normalized spacial score (nSPS) is 21.3. The lowest BCUT2D eigenvalue weighted by Gasteiger charge is -2.16. The summed E-state index contributed by atoms with van der Waals surface area (Å²) in [6.45, 7) is 4.20. The van der Waals surface area contributed by atoms with Gasteiger partial charge in [-0.3, -0.25) is 5.10 Å². The highest BCUT2D eigenvalue weighted by Gasteiger charge is 2.32. The Morgan fingerprint density at radius 2 is 2.30 bits per heavy atom. The molecule has 1 aliphatic rings. The van der Waals surface area contributed by atoms with E-state index in [0.29, 0.717) is 13.2 Å². The van der Waals surface area contributed by atoms with Gasteiger partial charge in [-0.2, -0.15) is 5.10 Å². The molecule has 0 amide bonds. The van der Waals surface area contributed by atoms with Gasteiger partial charge in [-0.1, -0.05) is 13.0 Å². The summed E-state index contributed by atoms with van der Waals surface area (Å²) in [6, 6.07) is 6.49. The Morgan fingerprint density at radius 1 is 1.35 bits per heavy atom. The highest BCUT2D eigenvalue weighted by Crippen LogP contribution is 2.23. The zero-order valence-electron chi connectivity index (χ0n) is 13.0. The predicted molar refractivity (Wildman–Crippen MR) is 86.0 cm³/mol. The highest BCUT2D eigenvalue weighted by molar-refractivity contribution is 5.74. The summed E-state index contributed by atoms with van der Waals surface area (Å²) in [6.07, 6.45) is 2.58. The monoisotopic (exact) mass is 312 g/mol. The largest absolute Gasteiger partial charge is 0.379 e. The minimum Gasteiger partial charge on any atom is -0.379 e. The Kier molecular flexibility index (Phi) is 3.80. The molecule has 0 aliphatic carbocycles. The second-order valence-corrected chi connectivity index (χ2v) is 5.88. The first-order chi connectivity index (χ1) is 11.3. The van der Waals surface area contributed by atoms with Crippen LogP contribution in [0.4, 0.5) is 0 Å². The first-order valence-electron chi connectivity index (χ1n) is 7.98. The molecule has 0 radical (unpaired) electrons. The average Bonchev–Trinajstić information content (AvgIpc) is 3.30. The van der Waals surface area contributed by atoms with E-state index in [2.05, 4.69) is 49.5 Å². The maximum Gasteiger partial charge on any atom is 0.157 e. The van der Waals surface area contributed by atoms with Crippen LogP contribution in [0.25, 0.3) is 11.0 Å². The maximum absolute atomic E-state index is 5.64. The molecule has 0 saturated carbocycles. The third-order valence-corrected chi connectivity index (χ3v) is 4.35. The Hall–Kier alpha value is -2.25. The van der Waals surface area contributed by atoms with Crippen molar-refractivity contribution >= 4 is 11.0 Å². The van der Waals surface area contributed by atoms with Crippen molar-refractivity contribution in [2.75, 3.05) is 13.2 Å². The standard InChI is InChI=1S/C16H20N6O/c1-2-15-20-16(22-21-15)11-7-23-8-14(11)17-6-10-3-4-12-13(5-10)19-9-18-12/h3-5,9,11,14,17H,2,6-8H2,1H3,(H,18,19)(H,20,21,22)/t11-,14+/m1/s1. The van der Waals surface area contributed by atoms with E-state index in [1.807, 2.05) is 6.07 Å². The molecule has 120 valence electrons. The number of nitrogens with zero attached hydrogens (tertiary/aromatic N) is 3. The first kappa shape index (κ1) is 14.3. The van der Waals surface area contributed by atoms with Gasteiger partial charge in [-0.25, -0.2) is 9.97 Å². The first-order valence-corrected chi connectivity index (χ1v) is 7.98. The van der Waals surface area contributed by atoms with Crippen LogP contribution in [-0.2, 0) is 17.7 Å². The van der Waals surface area contributed by atoms with Crippen LogP contribution in [0.5, 0.6) is 0 Å². The minimum atomic E-state index is 0.197. The van der Waals surface area contributed by atoms with E-state index in [1.54, 1.807) is 6.33 Å². The molecule has 7 nitrogen and oxygen atoms in total. The van der Waals surface area contributed by atoms with Crippen LogP contribution in [-0.4, -0.2) is 44.4 Å². The van der Waals surface area contributed by atoms with Gasteiger partial charge in [0, 0.05) is 19.0 Å². The number of H-pyrrole nitrogens is 2. The number of nitrogens with one attached hydrogen (secondary N) is 3. The lowest BCUT2D eigenvalue weighted by Crippen LogP contribution is -2.34. The molecule has 0 unspecified atom stereocenters. The van der Waals surface area contributed by atoms with Crippen molar-refractivity contribution in [3.05, 3.63) is 41.7 Å². The van der Waals surface area contributed by atoms with Crippen molar-refractivity contribution in [3.8, 4) is 0 Å². The number of rotatable bonds is 5. The van der Waals surface area contributed by atoms with Crippen molar-refractivity contribution in [3.63, 3.8) is 0 Å².